The average molecular weight is 194 g/mol. The molecule has 1 amide bonds. The zero-order valence-corrected chi connectivity index (χ0v) is 8.49. The van der Waals surface area contributed by atoms with Crippen LogP contribution in [0.3, 0.4) is 0 Å². The standard InChI is InChI=1S/C10H16N3O/c1-2-4-13-5-3-8(7-11)6-9(13)10(12)14/h9H,2-6H2,1H3,(H2,12,14). The third kappa shape index (κ3) is 2.46. The number of amides is 1. The van der Waals surface area contributed by atoms with E-state index in [2.05, 4.69) is 17.9 Å². The molecule has 1 atom stereocenters. The first kappa shape index (κ1) is 11.0. The summed E-state index contributed by atoms with van der Waals surface area (Å²) in [7, 11) is 0. The van der Waals surface area contributed by atoms with Crippen LogP contribution in [0.4, 0.5) is 0 Å². The summed E-state index contributed by atoms with van der Waals surface area (Å²) >= 11 is 0. The van der Waals surface area contributed by atoms with Crippen LogP contribution in [0.2, 0.25) is 0 Å². The summed E-state index contributed by atoms with van der Waals surface area (Å²) in [5.74, 6) is 0.479. The van der Waals surface area contributed by atoms with Crippen molar-refractivity contribution in [2.45, 2.75) is 32.2 Å². The number of nitrogens with two attached hydrogens (primary N) is 1. The number of primary amides is 1. The van der Waals surface area contributed by atoms with Gasteiger partial charge in [0.2, 0.25) is 5.91 Å². The van der Waals surface area contributed by atoms with E-state index in [-0.39, 0.29) is 11.9 Å². The largest absolute Gasteiger partial charge is 0.368 e. The van der Waals surface area contributed by atoms with Gasteiger partial charge in [0.1, 0.15) is 0 Å². The van der Waals surface area contributed by atoms with E-state index < -0.39 is 0 Å². The van der Waals surface area contributed by atoms with Crippen LogP contribution in [0.1, 0.15) is 26.2 Å². The molecule has 2 N–H and O–H groups in total. The van der Waals surface area contributed by atoms with E-state index in [0.29, 0.717) is 6.42 Å². The maximum atomic E-state index is 11.2. The predicted molar refractivity (Wildman–Crippen MR) is 52.9 cm³/mol. The molecular formula is C10H16N3O. The van der Waals surface area contributed by atoms with Crippen molar-refractivity contribution in [3.63, 3.8) is 0 Å². The van der Waals surface area contributed by atoms with Gasteiger partial charge >= 0.3 is 0 Å². The zero-order chi connectivity index (χ0) is 10.6. The number of hydrogen-bond acceptors (Lipinski definition) is 3. The van der Waals surface area contributed by atoms with Gasteiger partial charge in [0.15, 0.2) is 0 Å². The lowest BCUT2D eigenvalue weighted by Gasteiger charge is -2.34. The van der Waals surface area contributed by atoms with Crippen LogP contribution >= 0.6 is 0 Å². The first-order valence-electron chi connectivity index (χ1n) is 4.97. The van der Waals surface area contributed by atoms with Crippen LogP contribution < -0.4 is 5.73 Å². The monoisotopic (exact) mass is 194 g/mol. The Morgan fingerprint density at radius 3 is 3.00 bits per heavy atom. The Morgan fingerprint density at radius 2 is 2.50 bits per heavy atom. The molecular weight excluding hydrogens is 178 g/mol. The van der Waals surface area contributed by atoms with Gasteiger partial charge in [-0.1, -0.05) is 6.92 Å². The molecule has 1 radical (unpaired) electrons. The van der Waals surface area contributed by atoms with E-state index in [1.807, 2.05) is 0 Å². The number of nitrogens with zero attached hydrogens (tertiary/aromatic N) is 2. The highest BCUT2D eigenvalue weighted by atomic mass is 16.1. The van der Waals surface area contributed by atoms with Crippen molar-refractivity contribution in [2.24, 2.45) is 5.73 Å². The lowest BCUT2D eigenvalue weighted by Crippen LogP contribution is -2.49. The highest BCUT2D eigenvalue weighted by Gasteiger charge is 2.31. The number of carbonyl (C=O) groups is 1. The number of hydrogen-bond donors (Lipinski definition) is 1. The van der Waals surface area contributed by atoms with Crippen molar-refractivity contribution >= 4 is 5.91 Å². The summed E-state index contributed by atoms with van der Waals surface area (Å²) < 4.78 is 0. The number of rotatable bonds is 3. The minimum absolute atomic E-state index is 0.265. The maximum absolute atomic E-state index is 11.2. The minimum atomic E-state index is -0.314. The summed E-state index contributed by atoms with van der Waals surface area (Å²) in [6, 6.07) is 1.87. The Hall–Kier alpha value is -1.08. The van der Waals surface area contributed by atoms with Gasteiger partial charge in [0.05, 0.1) is 18.0 Å². The lowest BCUT2D eigenvalue weighted by molar-refractivity contribution is -0.124. The predicted octanol–water partition coefficient (Wildman–Crippen LogP) is 0.444. The number of nitriles is 1. The van der Waals surface area contributed by atoms with Crippen LogP contribution in [0, 0.1) is 17.2 Å². The molecule has 0 spiro atoms. The van der Waals surface area contributed by atoms with Crippen LogP contribution in [-0.2, 0) is 4.79 Å². The Bertz CT molecular complexity index is 246. The molecule has 14 heavy (non-hydrogen) atoms. The highest BCUT2D eigenvalue weighted by molar-refractivity contribution is 5.80. The van der Waals surface area contributed by atoms with Crippen LogP contribution in [0.25, 0.3) is 0 Å². The molecule has 0 bridgehead atoms. The third-order valence-electron chi connectivity index (χ3n) is 2.58. The molecule has 0 aliphatic carbocycles. The summed E-state index contributed by atoms with van der Waals surface area (Å²) in [5.41, 5.74) is 5.30. The van der Waals surface area contributed by atoms with Gasteiger partial charge in [0.25, 0.3) is 0 Å². The molecule has 77 valence electrons. The molecule has 0 aromatic carbocycles. The molecule has 0 aromatic heterocycles. The molecule has 1 unspecified atom stereocenters. The maximum Gasteiger partial charge on any atom is 0.234 e. The van der Waals surface area contributed by atoms with E-state index in [4.69, 9.17) is 11.0 Å². The third-order valence-corrected chi connectivity index (χ3v) is 2.58. The fourth-order valence-electron chi connectivity index (χ4n) is 1.84. The van der Waals surface area contributed by atoms with Gasteiger partial charge < -0.3 is 5.73 Å². The van der Waals surface area contributed by atoms with E-state index in [9.17, 15) is 4.79 Å². The molecule has 0 aromatic rings. The van der Waals surface area contributed by atoms with E-state index in [0.717, 1.165) is 31.8 Å². The second-order valence-corrected chi connectivity index (χ2v) is 3.62. The van der Waals surface area contributed by atoms with Crippen molar-refractivity contribution in [1.29, 1.82) is 5.26 Å². The molecule has 0 saturated carbocycles. The number of likely N-dealkylation sites (tertiary alicyclic amines) is 1. The number of carbonyl (C=O) groups excluding carboxylic acids is 1. The Labute approximate surface area is 84.7 Å². The molecule has 4 nitrogen and oxygen atoms in total. The highest BCUT2D eigenvalue weighted by Crippen LogP contribution is 2.23. The second-order valence-electron chi connectivity index (χ2n) is 3.62. The van der Waals surface area contributed by atoms with Crippen LogP contribution in [0.15, 0.2) is 0 Å². The fourth-order valence-corrected chi connectivity index (χ4v) is 1.84. The van der Waals surface area contributed by atoms with Crippen molar-refractivity contribution in [1.82, 2.24) is 4.90 Å². The van der Waals surface area contributed by atoms with Gasteiger partial charge in [-0.25, -0.2) is 0 Å². The van der Waals surface area contributed by atoms with Crippen molar-refractivity contribution in [3.8, 4) is 6.07 Å². The van der Waals surface area contributed by atoms with Crippen LogP contribution in [0.5, 0.6) is 0 Å². The van der Waals surface area contributed by atoms with Crippen molar-refractivity contribution < 1.29 is 4.79 Å². The topological polar surface area (TPSA) is 70.1 Å². The molecule has 1 fully saturated rings. The van der Waals surface area contributed by atoms with Gasteiger partial charge in [0, 0.05) is 6.54 Å². The summed E-state index contributed by atoms with van der Waals surface area (Å²) in [6.45, 7) is 3.73. The Balaban J connectivity index is 2.61. The first-order chi connectivity index (χ1) is 6.69. The molecule has 1 heterocycles. The first-order valence-corrected chi connectivity index (χ1v) is 4.97. The van der Waals surface area contributed by atoms with Crippen LogP contribution in [-0.4, -0.2) is 29.9 Å². The summed E-state index contributed by atoms with van der Waals surface area (Å²) in [5, 5.41) is 8.75. The molecule has 1 aliphatic heterocycles. The van der Waals surface area contributed by atoms with E-state index >= 15 is 0 Å². The molecule has 1 aliphatic rings. The molecule has 4 heteroatoms. The molecule has 1 saturated heterocycles. The number of piperidine rings is 1. The van der Waals surface area contributed by atoms with Gasteiger partial charge in [-0.05, 0) is 25.8 Å². The normalized spacial score (nSPS) is 24.4. The molecule has 1 rings (SSSR count). The van der Waals surface area contributed by atoms with Gasteiger partial charge in [-0.3, -0.25) is 9.69 Å². The Morgan fingerprint density at radius 1 is 1.79 bits per heavy atom. The van der Waals surface area contributed by atoms with E-state index in [1.54, 1.807) is 0 Å². The second kappa shape index (κ2) is 4.97. The smallest absolute Gasteiger partial charge is 0.234 e. The lowest BCUT2D eigenvalue weighted by atomic mass is 9.91. The fraction of sp³-hybridized carbons (Fsp3) is 0.700. The summed E-state index contributed by atoms with van der Waals surface area (Å²) in [6.07, 6.45) is 2.30. The minimum Gasteiger partial charge on any atom is -0.368 e. The average Bonchev–Trinajstić information content (AvgIpc) is 2.18. The van der Waals surface area contributed by atoms with Gasteiger partial charge in [-0.2, -0.15) is 5.26 Å². The zero-order valence-electron chi connectivity index (χ0n) is 8.49. The Kier molecular flexibility index (Phi) is 3.90. The SMILES string of the molecule is CCCN1CC[C](C#N)CC1C(N)=O. The van der Waals surface area contributed by atoms with Gasteiger partial charge in [-0.15, -0.1) is 0 Å². The van der Waals surface area contributed by atoms with Crippen molar-refractivity contribution in [2.75, 3.05) is 13.1 Å². The summed E-state index contributed by atoms with van der Waals surface area (Å²) in [4.78, 5) is 13.2. The van der Waals surface area contributed by atoms with E-state index in [1.165, 1.54) is 0 Å². The quantitative estimate of drug-likeness (QED) is 0.708. The van der Waals surface area contributed by atoms with Crippen molar-refractivity contribution in [3.05, 3.63) is 5.92 Å².